The quantitative estimate of drug-likeness (QED) is 0.612. The zero-order valence-corrected chi connectivity index (χ0v) is 14.5. The molecule has 142 valence electrons. The van der Waals surface area contributed by atoms with Gasteiger partial charge in [0.05, 0.1) is 5.56 Å². The zero-order valence-electron chi connectivity index (χ0n) is 14.5. The number of rotatable bonds is 6. The molecule has 1 N–H and O–H groups in total. The Morgan fingerprint density at radius 3 is 2.30 bits per heavy atom. The standard InChI is InChI=1S/C20H18F3NO3/c1-14(19(26)24-13-16-5-3-2-4-6-16)27-18(25)12-9-15-7-10-17(11-8-15)20(21,22)23/h2-12,14H,13H2,1H3,(H,24,26)/b12-9+/t14-/m0/s1. The van der Waals surface area contributed by atoms with E-state index in [0.717, 1.165) is 23.8 Å². The minimum absolute atomic E-state index is 0.308. The maximum Gasteiger partial charge on any atom is 0.416 e. The maximum atomic E-state index is 12.5. The number of carbonyl (C=O) groups excluding carboxylic acids is 2. The molecule has 2 rings (SSSR count). The van der Waals surface area contributed by atoms with Crippen LogP contribution in [0.15, 0.2) is 60.7 Å². The number of halogens is 3. The molecule has 1 atom stereocenters. The van der Waals surface area contributed by atoms with E-state index >= 15 is 0 Å². The van der Waals surface area contributed by atoms with Gasteiger partial charge in [-0.3, -0.25) is 4.79 Å². The summed E-state index contributed by atoms with van der Waals surface area (Å²) in [7, 11) is 0. The molecule has 0 radical (unpaired) electrons. The number of benzene rings is 2. The van der Waals surface area contributed by atoms with Gasteiger partial charge in [0.15, 0.2) is 6.10 Å². The Kier molecular flexibility index (Phi) is 6.76. The van der Waals surface area contributed by atoms with E-state index < -0.39 is 29.7 Å². The SMILES string of the molecule is C[C@H](OC(=O)/C=C/c1ccc(C(F)(F)F)cc1)C(=O)NCc1ccccc1. The molecule has 0 unspecified atom stereocenters. The molecule has 0 aliphatic rings. The number of ether oxygens (including phenoxy) is 1. The summed E-state index contributed by atoms with van der Waals surface area (Å²) in [5, 5.41) is 2.65. The van der Waals surface area contributed by atoms with Gasteiger partial charge in [0.1, 0.15) is 0 Å². The number of esters is 1. The summed E-state index contributed by atoms with van der Waals surface area (Å²) in [5.41, 5.74) is 0.540. The third-order valence-corrected chi connectivity index (χ3v) is 3.62. The Balaban J connectivity index is 1.83. The lowest BCUT2D eigenvalue weighted by atomic mass is 10.1. The summed E-state index contributed by atoms with van der Waals surface area (Å²) in [5.74, 6) is -1.22. The Hall–Kier alpha value is -3.09. The van der Waals surface area contributed by atoms with Gasteiger partial charge in [-0.05, 0) is 36.3 Å². The van der Waals surface area contributed by atoms with Gasteiger partial charge in [0.25, 0.3) is 5.91 Å². The molecule has 2 aromatic carbocycles. The number of amides is 1. The highest BCUT2D eigenvalue weighted by Gasteiger charge is 2.29. The molecule has 0 saturated carbocycles. The van der Waals surface area contributed by atoms with Crippen molar-refractivity contribution in [1.29, 1.82) is 0 Å². The van der Waals surface area contributed by atoms with Crippen LogP contribution in [0.5, 0.6) is 0 Å². The Morgan fingerprint density at radius 1 is 1.07 bits per heavy atom. The Bertz CT molecular complexity index is 799. The fourth-order valence-electron chi connectivity index (χ4n) is 2.14. The van der Waals surface area contributed by atoms with E-state index in [0.29, 0.717) is 12.1 Å². The van der Waals surface area contributed by atoms with Gasteiger partial charge < -0.3 is 10.1 Å². The first-order valence-corrected chi connectivity index (χ1v) is 8.13. The summed E-state index contributed by atoms with van der Waals surface area (Å²) in [6.45, 7) is 1.74. The normalized spacial score (nSPS) is 12.6. The largest absolute Gasteiger partial charge is 0.449 e. The molecule has 27 heavy (non-hydrogen) atoms. The lowest BCUT2D eigenvalue weighted by Crippen LogP contribution is -2.35. The van der Waals surface area contributed by atoms with E-state index in [9.17, 15) is 22.8 Å². The van der Waals surface area contributed by atoms with Gasteiger partial charge >= 0.3 is 12.1 Å². The van der Waals surface area contributed by atoms with Crippen LogP contribution < -0.4 is 5.32 Å². The molecule has 0 bridgehead atoms. The van der Waals surface area contributed by atoms with Crippen molar-refractivity contribution in [3.63, 3.8) is 0 Å². The number of carbonyl (C=O) groups is 2. The van der Waals surface area contributed by atoms with Crippen LogP contribution in [-0.2, 0) is 27.0 Å². The third kappa shape index (κ3) is 6.62. The van der Waals surface area contributed by atoms with Crippen molar-refractivity contribution in [2.45, 2.75) is 25.7 Å². The number of hydrogen-bond acceptors (Lipinski definition) is 3. The van der Waals surface area contributed by atoms with Crippen molar-refractivity contribution in [3.8, 4) is 0 Å². The van der Waals surface area contributed by atoms with Crippen molar-refractivity contribution in [2.24, 2.45) is 0 Å². The number of nitrogens with one attached hydrogen (secondary N) is 1. The lowest BCUT2D eigenvalue weighted by Gasteiger charge is -2.12. The van der Waals surface area contributed by atoms with Crippen LogP contribution in [0, 0.1) is 0 Å². The summed E-state index contributed by atoms with van der Waals surface area (Å²) in [4.78, 5) is 23.7. The van der Waals surface area contributed by atoms with E-state index in [-0.39, 0.29) is 0 Å². The summed E-state index contributed by atoms with van der Waals surface area (Å²) >= 11 is 0. The summed E-state index contributed by atoms with van der Waals surface area (Å²) in [6, 6.07) is 13.6. The number of hydrogen-bond donors (Lipinski definition) is 1. The smallest absolute Gasteiger partial charge is 0.416 e. The van der Waals surface area contributed by atoms with Gasteiger partial charge in [0, 0.05) is 12.6 Å². The predicted molar refractivity (Wildman–Crippen MR) is 94.3 cm³/mol. The fourth-order valence-corrected chi connectivity index (χ4v) is 2.14. The fraction of sp³-hybridized carbons (Fsp3) is 0.200. The van der Waals surface area contributed by atoms with Gasteiger partial charge in [-0.1, -0.05) is 42.5 Å². The van der Waals surface area contributed by atoms with Crippen LogP contribution >= 0.6 is 0 Å². The topological polar surface area (TPSA) is 55.4 Å². The van der Waals surface area contributed by atoms with E-state index in [1.807, 2.05) is 30.3 Å². The first-order chi connectivity index (χ1) is 12.8. The first-order valence-electron chi connectivity index (χ1n) is 8.13. The van der Waals surface area contributed by atoms with E-state index in [4.69, 9.17) is 4.74 Å². The van der Waals surface area contributed by atoms with Gasteiger partial charge in [-0.15, -0.1) is 0 Å². The van der Waals surface area contributed by atoms with Crippen LogP contribution in [0.1, 0.15) is 23.6 Å². The molecule has 2 aromatic rings. The molecule has 0 aliphatic carbocycles. The second-order valence-electron chi connectivity index (χ2n) is 5.74. The van der Waals surface area contributed by atoms with E-state index in [2.05, 4.69) is 5.32 Å². The van der Waals surface area contributed by atoms with Crippen molar-refractivity contribution in [1.82, 2.24) is 5.32 Å². The highest BCUT2D eigenvalue weighted by molar-refractivity contribution is 5.90. The minimum Gasteiger partial charge on any atom is -0.449 e. The van der Waals surface area contributed by atoms with Crippen LogP contribution in [0.4, 0.5) is 13.2 Å². The minimum atomic E-state index is -4.41. The van der Waals surface area contributed by atoms with Gasteiger partial charge in [0.2, 0.25) is 0 Å². The highest BCUT2D eigenvalue weighted by atomic mass is 19.4. The average molecular weight is 377 g/mol. The molecule has 0 aliphatic heterocycles. The molecule has 0 aromatic heterocycles. The average Bonchev–Trinajstić information content (AvgIpc) is 2.65. The third-order valence-electron chi connectivity index (χ3n) is 3.62. The Labute approximate surface area is 154 Å². The first kappa shape index (κ1) is 20.2. The molecule has 4 nitrogen and oxygen atoms in total. The molecule has 0 saturated heterocycles. The van der Waals surface area contributed by atoms with Gasteiger partial charge in [-0.25, -0.2) is 4.79 Å². The van der Waals surface area contributed by atoms with Crippen molar-refractivity contribution >= 4 is 18.0 Å². The van der Waals surface area contributed by atoms with Crippen molar-refractivity contribution in [3.05, 3.63) is 77.4 Å². The second kappa shape index (κ2) is 9.02. The molecule has 0 spiro atoms. The van der Waals surface area contributed by atoms with Crippen LogP contribution in [-0.4, -0.2) is 18.0 Å². The summed E-state index contributed by atoms with van der Waals surface area (Å²) in [6.07, 6.45) is -3.04. The lowest BCUT2D eigenvalue weighted by molar-refractivity contribution is -0.150. The molecule has 7 heteroatoms. The summed E-state index contributed by atoms with van der Waals surface area (Å²) < 4.78 is 42.5. The van der Waals surface area contributed by atoms with Crippen molar-refractivity contribution in [2.75, 3.05) is 0 Å². The maximum absolute atomic E-state index is 12.5. The molecule has 1 amide bonds. The van der Waals surface area contributed by atoms with Crippen molar-refractivity contribution < 1.29 is 27.5 Å². The number of alkyl halides is 3. The van der Waals surface area contributed by atoms with Crippen LogP contribution in [0.25, 0.3) is 6.08 Å². The van der Waals surface area contributed by atoms with E-state index in [1.165, 1.54) is 25.1 Å². The molecule has 0 heterocycles. The monoisotopic (exact) mass is 377 g/mol. The van der Waals surface area contributed by atoms with Crippen LogP contribution in [0.3, 0.4) is 0 Å². The molecule has 0 fully saturated rings. The van der Waals surface area contributed by atoms with E-state index in [1.54, 1.807) is 0 Å². The van der Waals surface area contributed by atoms with Crippen LogP contribution in [0.2, 0.25) is 0 Å². The second-order valence-corrected chi connectivity index (χ2v) is 5.74. The molecular weight excluding hydrogens is 359 g/mol. The highest BCUT2D eigenvalue weighted by Crippen LogP contribution is 2.29. The zero-order chi connectivity index (χ0) is 19.9. The van der Waals surface area contributed by atoms with Gasteiger partial charge in [-0.2, -0.15) is 13.2 Å². The Morgan fingerprint density at radius 2 is 1.70 bits per heavy atom. The molecular formula is C20H18F3NO3. The predicted octanol–water partition coefficient (Wildman–Crippen LogP) is 3.97.